The maximum atomic E-state index is 14.1. The molecule has 1 fully saturated rings. The first kappa shape index (κ1) is 19.0. The van der Waals surface area contributed by atoms with Crippen molar-refractivity contribution in [2.24, 2.45) is 0 Å². The zero-order valence-corrected chi connectivity index (χ0v) is 16.6. The summed E-state index contributed by atoms with van der Waals surface area (Å²) >= 11 is 0. The minimum atomic E-state index is -3.95. The first-order valence-electron chi connectivity index (χ1n) is 9.50. The molecule has 0 aliphatic carbocycles. The van der Waals surface area contributed by atoms with E-state index >= 15 is 0 Å². The normalized spacial score (nSPS) is 19.2. The van der Waals surface area contributed by atoms with Gasteiger partial charge < -0.3 is 13.9 Å². The number of nitrogens with zero attached hydrogens (tertiary/aromatic N) is 3. The van der Waals surface area contributed by atoms with Crippen molar-refractivity contribution in [1.29, 1.82) is 0 Å². The van der Waals surface area contributed by atoms with Crippen molar-refractivity contribution in [1.82, 2.24) is 14.5 Å². The Balaban J connectivity index is 1.38. The molecule has 2 aliphatic heterocycles. The molecule has 0 saturated carbocycles. The first-order valence-corrected chi connectivity index (χ1v) is 10.9. The molecule has 5 rings (SSSR count). The molecule has 0 spiro atoms. The highest BCUT2D eigenvalue weighted by atomic mass is 32.2. The van der Waals surface area contributed by atoms with Crippen molar-refractivity contribution in [3.8, 4) is 23.0 Å². The van der Waals surface area contributed by atoms with E-state index in [1.54, 1.807) is 18.2 Å². The Bertz CT molecular complexity index is 1200. The van der Waals surface area contributed by atoms with Gasteiger partial charge in [-0.15, -0.1) is 10.2 Å². The van der Waals surface area contributed by atoms with E-state index in [1.807, 2.05) is 0 Å². The van der Waals surface area contributed by atoms with Gasteiger partial charge in [-0.05, 0) is 43.2 Å². The van der Waals surface area contributed by atoms with Crippen molar-refractivity contribution in [2.45, 2.75) is 23.7 Å². The summed E-state index contributed by atoms with van der Waals surface area (Å²) in [6.45, 7) is 0.637. The Kier molecular flexibility index (Phi) is 4.67. The zero-order valence-electron chi connectivity index (χ0n) is 15.8. The van der Waals surface area contributed by atoms with Crippen LogP contribution in [0, 0.1) is 5.82 Å². The van der Waals surface area contributed by atoms with Crippen molar-refractivity contribution < 1.29 is 26.7 Å². The second kappa shape index (κ2) is 7.37. The molecule has 3 heterocycles. The van der Waals surface area contributed by atoms with Crippen LogP contribution in [-0.2, 0) is 10.0 Å². The number of hydrogen-bond donors (Lipinski definition) is 0. The fourth-order valence-corrected chi connectivity index (χ4v) is 5.29. The van der Waals surface area contributed by atoms with Crippen molar-refractivity contribution in [3.63, 3.8) is 0 Å². The molecule has 2 aliphatic rings. The summed E-state index contributed by atoms with van der Waals surface area (Å²) in [6.07, 6.45) is 1.31. The monoisotopic (exact) mass is 431 g/mol. The molecule has 2 aromatic carbocycles. The molecule has 1 aromatic heterocycles. The van der Waals surface area contributed by atoms with Crippen LogP contribution in [0.2, 0.25) is 0 Å². The van der Waals surface area contributed by atoms with Gasteiger partial charge in [-0.2, -0.15) is 4.31 Å². The molecule has 0 amide bonds. The summed E-state index contributed by atoms with van der Waals surface area (Å²) in [4.78, 5) is -0.322. The highest BCUT2D eigenvalue weighted by Crippen LogP contribution is 2.37. The van der Waals surface area contributed by atoms with E-state index in [9.17, 15) is 12.8 Å². The van der Waals surface area contributed by atoms with Gasteiger partial charge >= 0.3 is 0 Å². The van der Waals surface area contributed by atoms with E-state index in [2.05, 4.69) is 10.2 Å². The summed E-state index contributed by atoms with van der Waals surface area (Å²) in [5.74, 6) is 0.901. The first-order chi connectivity index (χ1) is 14.5. The number of hydrogen-bond acceptors (Lipinski definition) is 7. The molecule has 1 saturated heterocycles. The summed E-state index contributed by atoms with van der Waals surface area (Å²) in [5.41, 5.74) is 0.685. The number of rotatable bonds is 4. The molecule has 30 heavy (non-hydrogen) atoms. The third kappa shape index (κ3) is 3.31. The summed E-state index contributed by atoms with van der Waals surface area (Å²) in [7, 11) is -3.95. The highest BCUT2D eigenvalue weighted by molar-refractivity contribution is 7.89. The number of sulfonamides is 1. The average molecular weight is 431 g/mol. The van der Waals surface area contributed by atoms with Gasteiger partial charge in [0.25, 0.3) is 0 Å². The number of ether oxygens (including phenoxy) is 2. The number of halogens is 1. The fourth-order valence-electron chi connectivity index (χ4n) is 3.70. The van der Waals surface area contributed by atoms with E-state index in [0.29, 0.717) is 48.2 Å². The van der Waals surface area contributed by atoms with Crippen LogP contribution in [0.25, 0.3) is 11.5 Å². The van der Waals surface area contributed by atoms with Crippen molar-refractivity contribution >= 4 is 10.0 Å². The van der Waals surface area contributed by atoms with Gasteiger partial charge in [-0.25, -0.2) is 12.8 Å². The van der Waals surface area contributed by atoms with E-state index in [-0.39, 0.29) is 24.2 Å². The van der Waals surface area contributed by atoms with Gasteiger partial charge in [0.15, 0.2) is 11.5 Å². The summed E-state index contributed by atoms with van der Waals surface area (Å²) < 4.78 is 57.7. The molecule has 0 bridgehead atoms. The van der Waals surface area contributed by atoms with Crippen LogP contribution in [0.5, 0.6) is 11.5 Å². The quantitative estimate of drug-likeness (QED) is 0.626. The van der Waals surface area contributed by atoms with Gasteiger partial charge in [0.2, 0.25) is 28.6 Å². The Hall–Kier alpha value is -2.98. The smallest absolute Gasteiger partial charge is 0.247 e. The van der Waals surface area contributed by atoms with Gasteiger partial charge in [0.1, 0.15) is 10.7 Å². The Morgan fingerprint density at radius 1 is 1.07 bits per heavy atom. The van der Waals surface area contributed by atoms with Crippen LogP contribution in [0.3, 0.4) is 0 Å². The lowest BCUT2D eigenvalue weighted by Crippen LogP contribution is -2.39. The minimum absolute atomic E-state index is 0.152. The minimum Gasteiger partial charge on any atom is -0.454 e. The predicted octanol–water partition coefficient (Wildman–Crippen LogP) is 3.17. The van der Waals surface area contributed by atoms with Crippen LogP contribution in [0.4, 0.5) is 4.39 Å². The molecular formula is C20H18FN3O5S. The van der Waals surface area contributed by atoms with Gasteiger partial charge in [0, 0.05) is 18.7 Å². The Morgan fingerprint density at radius 3 is 2.77 bits per heavy atom. The highest BCUT2D eigenvalue weighted by Gasteiger charge is 2.34. The number of aromatic nitrogens is 2. The topological polar surface area (TPSA) is 94.8 Å². The summed E-state index contributed by atoms with van der Waals surface area (Å²) in [6, 6.07) is 10.7. The predicted molar refractivity (Wildman–Crippen MR) is 103 cm³/mol. The maximum absolute atomic E-state index is 14.1. The zero-order chi connectivity index (χ0) is 20.7. The largest absolute Gasteiger partial charge is 0.454 e. The van der Waals surface area contributed by atoms with E-state index in [1.165, 1.54) is 22.5 Å². The number of fused-ring (bicyclic) bond motifs is 1. The Morgan fingerprint density at radius 2 is 1.90 bits per heavy atom. The molecule has 8 nitrogen and oxygen atoms in total. The third-order valence-electron chi connectivity index (χ3n) is 5.25. The lowest BCUT2D eigenvalue weighted by molar-refractivity contribution is 0.174. The molecule has 156 valence electrons. The second-order valence-corrected chi connectivity index (χ2v) is 9.05. The Labute approximate surface area is 172 Å². The molecule has 0 radical (unpaired) electrons. The molecule has 10 heteroatoms. The SMILES string of the molecule is O=S(=O)(c1ccccc1F)N1CCCC(c2nnc(-c3ccc4c(c3)OCO4)o2)C1. The van der Waals surface area contributed by atoms with Crippen molar-refractivity contribution in [2.75, 3.05) is 19.9 Å². The number of benzene rings is 2. The molecule has 0 N–H and O–H groups in total. The second-order valence-electron chi connectivity index (χ2n) is 7.15. The van der Waals surface area contributed by atoms with Crippen LogP contribution in [0.1, 0.15) is 24.7 Å². The van der Waals surface area contributed by atoms with Crippen molar-refractivity contribution in [3.05, 3.63) is 54.2 Å². The lowest BCUT2D eigenvalue weighted by atomic mass is 10.00. The standard InChI is InChI=1S/C20H18FN3O5S/c21-15-5-1-2-6-18(15)30(25,26)24-9-3-4-14(11-24)20-23-22-19(29-20)13-7-8-16-17(10-13)28-12-27-16/h1-2,5-8,10,14H,3-4,9,11-12H2. The van der Waals surface area contributed by atoms with Crippen LogP contribution in [0.15, 0.2) is 51.8 Å². The molecule has 3 aromatic rings. The molecule has 1 unspecified atom stereocenters. The lowest BCUT2D eigenvalue weighted by Gasteiger charge is -2.30. The van der Waals surface area contributed by atoms with Gasteiger partial charge in [-0.1, -0.05) is 12.1 Å². The van der Waals surface area contributed by atoms with E-state index in [0.717, 1.165) is 6.07 Å². The average Bonchev–Trinajstić information content (AvgIpc) is 3.43. The van der Waals surface area contributed by atoms with Gasteiger partial charge in [0.05, 0.1) is 5.92 Å². The fraction of sp³-hybridized carbons (Fsp3) is 0.300. The van der Waals surface area contributed by atoms with Crippen LogP contribution < -0.4 is 9.47 Å². The number of piperidine rings is 1. The van der Waals surface area contributed by atoms with E-state index in [4.69, 9.17) is 13.9 Å². The third-order valence-corrected chi connectivity index (χ3v) is 7.15. The van der Waals surface area contributed by atoms with E-state index < -0.39 is 15.8 Å². The van der Waals surface area contributed by atoms with Gasteiger partial charge in [-0.3, -0.25) is 0 Å². The summed E-state index contributed by atoms with van der Waals surface area (Å²) in [5, 5.41) is 8.24. The van der Waals surface area contributed by atoms with Crippen LogP contribution >= 0.6 is 0 Å². The maximum Gasteiger partial charge on any atom is 0.247 e. The molecular weight excluding hydrogens is 413 g/mol. The van der Waals surface area contributed by atoms with Crippen LogP contribution in [-0.4, -0.2) is 42.8 Å². The molecule has 1 atom stereocenters.